The van der Waals surface area contributed by atoms with Crippen LogP contribution in [0.1, 0.15) is 65.3 Å². The molecular weight excluding hydrogens is 466 g/mol. The van der Waals surface area contributed by atoms with Crippen LogP contribution in [0.2, 0.25) is 0 Å². The fraction of sp³-hybridized carbons (Fsp3) is 0.310. The van der Waals surface area contributed by atoms with Crippen molar-refractivity contribution in [2.75, 3.05) is 31.3 Å². The summed E-state index contributed by atoms with van der Waals surface area (Å²) < 4.78 is 5.89. The van der Waals surface area contributed by atoms with E-state index < -0.39 is 5.91 Å². The Labute approximate surface area is 218 Å². The monoisotopic (exact) mass is 501 g/mol. The van der Waals surface area contributed by atoms with Crippen LogP contribution in [0.5, 0.6) is 5.75 Å². The summed E-state index contributed by atoms with van der Waals surface area (Å²) in [6, 6.07) is 17.1. The van der Waals surface area contributed by atoms with Gasteiger partial charge in [0.1, 0.15) is 17.4 Å². The van der Waals surface area contributed by atoms with Crippen LogP contribution in [0.3, 0.4) is 0 Å². The number of carbonyl (C=O) groups excluding carboxylic acids is 2. The lowest BCUT2D eigenvalue weighted by atomic mass is 10.1. The first kappa shape index (κ1) is 27.4. The average Bonchev–Trinajstić information content (AvgIpc) is 2.91. The lowest BCUT2D eigenvalue weighted by molar-refractivity contribution is 0.102. The molecule has 1 aromatic heterocycles. The van der Waals surface area contributed by atoms with Gasteiger partial charge in [-0.15, -0.1) is 0 Å². The number of nitrogens with zero attached hydrogens (tertiary/aromatic N) is 2. The lowest BCUT2D eigenvalue weighted by Gasteiger charge is -2.15. The summed E-state index contributed by atoms with van der Waals surface area (Å²) in [6.07, 6.45) is 7.22. The van der Waals surface area contributed by atoms with E-state index in [1.54, 1.807) is 85.9 Å². The molecule has 0 aliphatic rings. The molecule has 0 saturated heterocycles. The number of amides is 2. The van der Waals surface area contributed by atoms with Crippen LogP contribution in [0.25, 0.3) is 0 Å². The number of ether oxygens (including phenoxy) is 1. The van der Waals surface area contributed by atoms with Crippen molar-refractivity contribution >= 4 is 29.2 Å². The first-order valence-corrected chi connectivity index (χ1v) is 12.6. The number of hydrogen-bond acceptors (Lipinski definition) is 5. The third-order valence-electron chi connectivity index (χ3n) is 5.77. The van der Waals surface area contributed by atoms with Gasteiger partial charge in [0.05, 0.1) is 17.9 Å². The van der Waals surface area contributed by atoms with E-state index in [1.165, 1.54) is 19.3 Å². The summed E-state index contributed by atoms with van der Waals surface area (Å²) in [5.74, 6) is 0.551. The Morgan fingerprint density at radius 3 is 2.30 bits per heavy atom. The number of pyridine rings is 1. The second-order valence-electron chi connectivity index (χ2n) is 8.91. The maximum Gasteiger partial charge on any atom is 0.259 e. The minimum Gasteiger partial charge on any atom is -0.494 e. The zero-order valence-corrected chi connectivity index (χ0v) is 21.7. The first-order chi connectivity index (χ1) is 17.9. The van der Waals surface area contributed by atoms with Gasteiger partial charge in [0, 0.05) is 31.4 Å². The highest BCUT2D eigenvalue weighted by molar-refractivity contribution is 6.12. The van der Waals surface area contributed by atoms with E-state index in [4.69, 9.17) is 10.1 Å². The van der Waals surface area contributed by atoms with Crippen LogP contribution < -0.4 is 15.4 Å². The number of anilines is 2. The van der Waals surface area contributed by atoms with Gasteiger partial charge >= 0.3 is 0 Å². The molecule has 37 heavy (non-hydrogen) atoms. The van der Waals surface area contributed by atoms with Crippen molar-refractivity contribution in [2.45, 2.75) is 39.0 Å². The van der Waals surface area contributed by atoms with Gasteiger partial charge < -0.3 is 20.3 Å². The average molecular weight is 502 g/mol. The molecule has 0 bridgehead atoms. The van der Waals surface area contributed by atoms with Crippen LogP contribution in [0.4, 0.5) is 11.5 Å². The van der Waals surface area contributed by atoms with E-state index >= 15 is 0 Å². The highest BCUT2D eigenvalue weighted by Gasteiger charge is 2.17. The van der Waals surface area contributed by atoms with Gasteiger partial charge in [-0.3, -0.25) is 15.0 Å². The summed E-state index contributed by atoms with van der Waals surface area (Å²) in [5.41, 5.74) is 1.75. The Morgan fingerprint density at radius 1 is 0.892 bits per heavy atom. The van der Waals surface area contributed by atoms with E-state index in [1.807, 2.05) is 0 Å². The van der Waals surface area contributed by atoms with E-state index in [0.717, 1.165) is 12.8 Å². The largest absolute Gasteiger partial charge is 0.494 e. The van der Waals surface area contributed by atoms with Crippen LogP contribution in [-0.4, -0.2) is 48.2 Å². The number of rotatable bonds is 12. The van der Waals surface area contributed by atoms with Gasteiger partial charge in [0.2, 0.25) is 0 Å². The maximum absolute atomic E-state index is 13.2. The van der Waals surface area contributed by atoms with Crippen molar-refractivity contribution in [1.82, 2.24) is 9.88 Å². The van der Waals surface area contributed by atoms with Crippen molar-refractivity contribution < 1.29 is 14.3 Å². The van der Waals surface area contributed by atoms with Gasteiger partial charge in [0.25, 0.3) is 11.8 Å². The Bertz CT molecular complexity index is 1190. The summed E-state index contributed by atoms with van der Waals surface area (Å²) in [6.45, 7) is 2.74. The van der Waals surface area contributed by atoms with E-state index in [-0.39, 0.29) is 11.5 Å². The van der Waals surface area contributed by atoms with Crippen molar-refractivity contribution in [1.29, 1.82) is 5.41 Å². The maximum atomic E-state index is 13.2. The predicted octanol–water partition coefficient (Wildman–Crippen LogP) is 5.82. The quantitative estimate of drug-likeness (QED) is 0.165. The van der Waals surface area contributed by atoms with Crippen LogP contribution >= 0.6 is 0 Å². The zero-order valence-electron chi connectivity index (χ0n) is 21.7. The standard InChI is InChI=1S/C29H35N5O3/c1-4-5-6-7-10-19-37-23-16-17-25(24(20-23)29(36)33-26-11-8-9-18-31-26)32-28(35)22-14-12-21(13-15-22)27(30)34(2)3/h8-9,11-18,20,30H,4-7,10,19H2,1-3H3,(H,32,35)(H,31,33,36). The molecule has 0 saturated carbocycles. The Kier molecular flexibility index (Phi) is 10.2. The van der Waals surface area contributed by atoms with Crippen LogP contribution in [0.15, 0.2) is 66.9 Å². The molecule has 0 unspecified atom stereocenters. The number of nitrogens with one attached hydrogen (secondary N) is 3. The fourth-order valence-corrected chi connectivity index (χ4v) is 3.66. The zero-order chi connectivity index (χ0) is 26.6. The molecule has 3 aromatic rings. The minimum atomic E-state index is -0.405. The third-order valence-corrected chi connectivity index (χ3v) is 5.77. The van der Waals surface area contributed by atoms with Gasteiger partial charge in [0.15, 0.2) is 0 Å². The molecule has 3 rings (SSSR count). The summed E-state index contributed by atoms with van der Waals surface area (Å²) in [5, 5.41) is 13.7. The SMILES string of the molecule is CCCCCCCOc1ccc(NC(=O)c2ccc(C(=N)N(C)C)cc2)c(C(=O)Nc2ccccn2)c1. The predicted molar refractivity (Wildman–Crippen MR) is 148 cm³/mol. The van der Waals surface area contributed by atoms with E-state index in [9.17, 15) is 9.59 Å². The number of hydrogen-bond donors (Lipinski definition) is 3. The second-order valence-corrected chi connectivity index (χ2v) is 8.91. The van der Waals surface area contributed by atoms with Crippen LogP contribution in [0, 0.1) is 5.41 Å². The number of amidine groups is 1. The second kappa shape index (κ2) is 13.8. The Morgan fingerprint density at radius 2 is 1.62 bits per heavy atom. The third kappa shape index (κ3) is 8.17. The van der Waals surface area contributed by atoms with Crippen molar-refractivity contribution in [3.63, 3.8) is 0 Å². The Hall–Kier alpha value is -4.20. The highest BCUT2D eigenvalue weighted by Crippen LogP contribution is 2.24. The molecule has 0 aliphatic heterocycles. The summed E-state index contributed by atoms with van der Waals surface area (Å²) in [4.78, 5) is 32.0. The number of aromatic nitrogens is 1. The molecule has 0 aliphatic carbocycles. The molecule has 0 atom stereocenters. The number of benzene rings is 2. The van der Waals surface area contributed by atoms with E-state index in [0.29, 0.717) is 40.8 Å². The molecule has 0 fully saturated rings. The van der Waals surface area contributed by atoms with Crippen LogP contribution in [-0.2, 0) is 0 Å². The van der Waals surface area contributed by atoms with Gasteiger partial charge in [-0.05, 0) is 48.9 Å². The number of unbranched alkanes of at least 4 members (excludes halogenated alkanes) is 4. The molecule has 0 radical (unpaired) electrons. The van der Waals surface area contributed by atoms with Crippen molar-refractivity contribution in [3.8, 4) is 5.75 Å². The summed E-state index contributed by atoms with van der Waals surface area (Å²) in [7, 11) is 3.58. The normalized spacial score (nSPS) is 10.5. The molecule has 2 aromatic carbocycles. The highest BCUT2D eigenvalue weighted by atomic mass is 16.5. The Balaban J connectivity index is 1.76. The molecule has 194 valence electrons. The molecule has 8 nitrogen and oxygen atoms in total. The molecule has 0 spiro atoms. The minimum absolute atomic E-state index is 0.272. The molecule has 1 heterocycles. The fourth-order valence-electron chi connectivity index (χ4n) is 3.66. The van der Waals surface area contributed by atoms with Crippen molar-refractivity contribution in [2.24, 2.45) is 0 Å². The van der Waals surface area contributed by atoms with E-state index in [2.05, 4.69) is 22.5 Å². The van der Waals surface area contributed by atoms with Gasteiger partial charge in [-0.25, -0.2) is 4.98 Å². The lowest BCUT2D eigenvalue weighted by Crippen LogP contribution is -2.22. The van der Waals surface area contributed by atoms with Gasteiger partial charge in [-0.1, -0.05) is 50.8 Å². The topological polar surface area (TPSA) is 107 Å². The summed E-state index contributed by atoms with van der Waals surface area (Å²) >= 11 is 0. The molecular formula is C29H35N5O3. The first-order valence-electron chi connectivity index (χ1n) is 12.6. The van der Waals surface area contributed by atoms with Crippen molar-refractivity contribution in [3.05, 3.63) is 83.6 Å². The smallest absolute Gasteiger partial charge is 0.259 e. The molecule has 8 heteroatoms. The number of carbonyl (C=O) groups is 2. The molecule has 2 amide bonds. The van der Waals surface area contributed by atoms with Gasteiger partial charge in [-0.2, -0.15) is 0 Å². The molecule has 3 N–H and O–H groups in total.